The molecule has 1 fully saturated rings. The minimum Gasteiger partial charge on any atom is -0.444 e. The molecule has 1 saturated heterocycles. The van der Waals surface area contributed by atoms with Gasteiger partial charge >= 0.3 is 6.09 Å². The molecule has 2 rings (SSSR count). The molecule has 1 aliphatic rings. The zero-order valence-electron chi connectivity index (χ0n) is 12.8. The Morgan fingerprint density at radius 1 is 1.24 bits per heavy atom. The third-order valence-electron chi connectivity index (χ3n) is 3.46. The third-order valence-corrected chi connectivity index (χ3v) is 3.46. The van der Waals surface area contributed by atoms with Gasteiger partial charge in [-0.2, -0.15) is 0 Å². The molecule has 5 nitrogen and oxygen atoms in total. The van der Waals surface area contributed by atoms with E-state index in [1.54, 1.807) is 17.0 Å². The maximum absolute atomic E-state index is 12.2. The summed E-state index contributed by atoms with van der Waals surface area (Å²) in [5.74, 6) is -0.447. The highest BCUT2D eigenvalue weighted by Crippen LogP contribution is 2.33. The van der Waals surface area contributed by atoms with Gasteiger partial charge in [-0.25, -0.2) is 4.79 Å². The monoisotopic (exact) mass is 290 g/mol. The van der Waals surface area contributed by atoms with E-state index in [9.17, 15) is 9.59 Å². The van der Waals surface area contributed by atoms with Crippen molar-refractivity contribution in [3.63, 3.8) is 0 Å². The van der Waals surface area contributed by atoms with E-state index in [1.165, 1.54) is 0 Å². The van der Waals surface area contributed by atoms with Gasteiger partial charge in [0.2, 0.25) is 5.91 Å². The molecular weight excluding hydrogens is 268 g/mol. The van der Waals surface area contributed by atoms with E-state index in [2.05, 4.69) is 0 Å². The normalized spacial score (nSPS) is 18.6. The highest BCUT2D eigenvalue weighted by Gasteiger charge is 2.33. The van der Waals surface area contributed by atoms with E-state index >= 15 is 0 Å². The number of carbonyl (C=O) groups excluding carboxylic acids is 2. The molecule has 0 saturated carbocycles. The van der Waals surface area contributed by atoms with Gasteiger partial charge in [0.15, 0.2) is 0 Å². The fourth-order valence-electron chi connectivity index (χ4n) is 2.52. The Morgan fingerprint density at radius 3 is 2.38 bits per heavy atom. The lowest BCUT2D eigenvalue weighted by Gasteiger charge is -2.28. The van der Waals surface area contributed by atoms with Crippen molar-refractivity contribution >= 4 is 12.0 Å². The van der Waals surface area contributed by atoms with Crippen LogP contribution in [0.1, 0.15) is 55.6 Å². The van der Waals surface area contributed by atoms with E-state index < -0.39 is 11.5 Å². The van der Waals surface area contributed by atoms with Crippen LogP contribution in [0.25, 0.3) is 0 Å². The number of amides is 2. The molecule has 2 N–H and O–H groups in total. The summed E-state index contributed by atoms with van der Waals surface area (Å²) in [7, 11) is 0. The molecule has 0 radical (unpaired) electrons. The van der Waals surface area contributed by atoms with E-state index in [0.717, 1.165) is 18.4 Å². The summed E-state index contributed by atoms with van der Waals surface area (Å²) in [5, 5.41) is 0. The van der Waals surface area contributed by atoms with Crippen molar-refractivity contribution in [3.05, 3.63) is 35.4 Å². The summed E-state index contributed by atoms with van der Waals surface area (Å²) >= 11 is 0. The lowest BCUT2D eigenvalue weighted by atomic mass is 10.0. The molecule has 1 aliphatic heterocycles. The maximum atomic E-state index is 12.2. The quantitative estimate of drug-likeness (QED) is 0.910. The van der Waals surface area contributed by atoms with Gasteiger partial charge < -0.3 is 15.4 Å². The molecule has 1 atom stereocenters. The number of rotatable bonds is 2. The molecule has 5 heteroatoms. The van der Waals surface area contributed by atoms with Gasteiger partial charge in [-0.05, 0) is 51.3 Å². The molecule has 0 spiro atoms. The van der Waals surface area contributed by atoms with Gasteiger partial charge in [0, 0.05) is 12.1 Å². The largest absolute Gasteiger partial charge is 0.444 e. The molecule has 114 valence electrons. The number of carbonyl (C=O) groups is 2. The molecule has 1 aromatic rings. The van der Waals surface area contributed by atoms with Crippen molar-refractivity contribution in [2.24, 2.45) is 5.73 Å². The van der Waals surface area contributed by atoms with Crippen molar-refractivity contribution in [2.75, 3.05) is 6.54 Å². The molecule has 21 heavy (non-hydrogen) atoms. The van der Waals surface area contributed by atoms with Gasteiger partial charge in [-0.3, -0.25) is 4.79 Å². The molecule has 0 unspecified atom stereocenters. The molecule has 0 bridgehead atoms. The number of likely N-dealkylation sites (tertiary alicyclic amines) is 1. The zero-order chi connectivity index (χ0) is 15.6. The fourth-order valence-corrected chi connectivity index (χ4v) is 2.52. The summed E-state index contributed by atoms with van der Waals surface area (Å²) in [6.45, 7) is 6.27. The number of hydrogen-bond acceptors (Lipinski definition) is 3. The SMILES string of the molecule is CC(C)(C)OC(=O)N1CCC[C@H]1c1ccc(C(N)=O)cc1. The molecular formula is C16H22N2O3. The Balaban J connectivity index is 2.14. The zero-order valence-corrected chi connectivity index (χ0v) is 12.8. The first kappa shape index (κ1) is 15.4. The fraction of sp³-hybridized carbons (Fsp3) is 0.500. The van der Waals surface area contributed by atoms with Gasteiger partial charge in [-0.15, -0.1) is 0 Å². The lowest BCUT2D eigenvalue weighted by Crippen LogP contribution is -2.36. The van der Waals surface area contributed by atoms with E-state index in [1.807, 2.05) is 32.9 Å². The second-order valence-corrected chi connectivity index (χ2v) is 6.32. The highest BCUT2D eigenvalue weighted by molar-refractivity contribution is 5.92. The average molecular weight is 290 g/mol. The first-order valence-corrected chi connectivity index (χ1v) is 7.17. The smallest absolute Gasteiger partial charge is 0.410 e. The number of nitrogens with zero attached hydrogens (tertiary/aromatic N) is 1. The first-order valence-electron chi connectivity index (χ1n) is 7.17. The van der Waals surface area contributed by atoms with Crippen LogP contribution in [0.5, 0.6) is 0 Å². The Kier molecular flexibility index (Phi) is 4.21. The number of benzene rings is 1. The standard InChI is InChI=1S/C16H22N2O3/c1-16(2,3)21-15(20)18-10-4-5-13(18)11-6-8-12(9-7-11)14(17)19/h6-9,13H,4-5,10H2,1-3H3,(H2,17,19)/t13-/m0/s1. The van der Waals surface area contributed by atoms with Crippen LogP contribution in [-0.4, -0.2) is 29.0 Å². The maximum Gasteiger partial charge on any atom is 0.410 e. The lowest BCUT2D eigenvalue weighted by molar-refractivity contribution is 0.0224. The number of primary amides is 1. The van der Waals surface area contributed by atoms with Crippen LogP contribution in [0.15, 0.2) is 24.3 Å². The first-order chi connectivity index (χ1) is 9.78. The van der Waals surface area contributed by atoms with Crippen molar-refractivity contribution in [1.82, 2.24) is 4.90 Å². The average Bonchev–Trinajstić information content (AvgIpc) is 2.86. The van der Waals surface area contributed by atoms with Gasteiger partial charge in [-0.1, -0.05) is 12.1 Å². The van der Waals surface area contributed by atoms with Crippen molar-refractivity contribution in [1.29, 1.82) is 0 Å². The number of nitrogens with two attached hydrogens (primary N) is 1. The summed E-state index contributed by atoms with van der Waals surface area (Å²) in [6.07, 6.45) is 1.56. The molecule has 1 heterocycles. The van der Waals surface area contributed by atoms with Crippen LogP contribution in [0.2, 0.25) is 0 Å². The molecule has 2 amide bonds. The van der Waals surface area contributed by atoms with Gasteiger partial charge in [0.25, 0.3) is 0 Å². The van der Waals surface area contributed by atoms with Crippen LogP contribution in [0.4, 0.5) is 4.79 Å². The highest BCUT2D eigenvalue weighted by atomic mass is 16.6. The van der Waals surface area contributed by atoms with Crippen LogP contribution in [0, 0.1) is 0 Å². The Bertz CT molecular complexity index is 531. The van der Waals surface area contributed by atoms with E-state index in [0.29, 0.717) is 12.1 Å². The molecule has 1 aromatic carbocycles. The second-order valence-electron chi connectivity index (χ2n) is 6.32. The van der Waals surface area contributed by atoms with Crippen molar-refractivity contribution in [2.45, 2.75) is 45.3 Å². The van der Waals surface area contributed by atoms with Crippen LogP contribution >= 0.6 is 0 Å². The topological polar surface area (TPSA) is 72.6 Å². The number of hydrogen-bond donors (Lipinski definition) is 1. The summed E-state index contributed by atoms with van der Waals surface area (Å²) < 4.78 is 5.45. The second kappa shape index (κ2) is 5.76. The van der Waals surface area contributed by atoms with Crippen LogP contribution in [0.3, 0.4) is 0 Å². The predicted molar refractivity (Wildman–Crippen MR) is 79.9 cm³/mol. The van der Waals surface area contributed by atoms with Crippen molar-refractivity contribution in [3.8, 4) is 0 Å². The van der Waals surface area contributed by atoms with Crippen molar-refractivity contribution < 1.29 is 14.3 Å². The van der Waals surface area contributed by atoms with Gasteiger partial charge in [0.1, 0.15) is 5.60 Å². The van der Waals surface area contributed by atoms with Gasteiger partial charge in [0.05, 0.1) is 6.04 Å². The Labute approximate surface area is 125 Å². The Morgan fingerprint density at radius 2 is 1.86 bits per heavy atom. The predicted octanol–water partition coefficient (Wildman–Crippen LogP) is 2.86. The van der Waals surface area contributed by atoms with E-state index in [4.69, 9.17) is 10.5 Å². The molecule has 0 aliphatic carbocycles. The van der Waals surface area contributed by atoms with E-state index in [-0.39, 0.29) is 12.1 Å². The summed E-state index contributed by atoms with van der Waals surface area (Å²) in [5.41, 5.74) is 6.21. The summed E-state index contributed by atoms with van der Waals surface area (Å²) in [4.78, 5) is 25.1. The third kappa shape index (κ3) is 3.74. The number of ether oxygens (including phenoxy) is 1. The summed E-state index contributed by atoms with van der Waals surface area (Å²) in [6, 6.07) is 7.11. The van der Waals surface area contributed by atoms with Crippen LogP contribution in [-0.2, 0) is 4.74 Å². The Hall–Kier alpha value is -2.04. The minimum absolute atomic E-state index is 0.00164. The minimum atomic E-state index is -0.500. The molecule has 0 aromatic heterocycles. The van der Waals surface area contributed by atoms with Crippen LogP contribution < -0.4 is 5.73 Å².